The molecule has 0 aliphatic rings. The summed E-state index contributed by atoms with van der Waals surface area (Å²) in [5, 5.41) is 1.40. The van der Waals surface area contributed by atoms with Gasteiger partial charge in [0.25, 0.3) is 0 Å². The van der Waals surface area contributed by atoms with Crippen molar-refractivity contribution in [3.05, 3.63) is 35.9 Å². The summed E-state index contributed by atoms with van der Waals surface area (Å²) in [7, 11) is 0. The van der Waals surface area contributed by atoms with Crippen molar-refractivity contribution in [2.75, 3.05) is 0 Å². The van der Waals surface area contributed by atoms with Gasteiger partial charge < -0.3 is 0 Å². The summed E-state index contributed by atoms with van der Waals surface area (Å²) in [6.07, 6.45) is 0. The molecule has 0 radical (unpaired) electrons. The van der Waals surface area contributed by atoms with Gasteiger partial charge in [0.2, 0.25) is 0 Å². The zero-order chi connectivity index (χ0) is 6.53. The molecule has 0 aliphatic heterocycles. The van der Waals surface area contributed by atoms with E-state index >= 15 is 0 Å². The molecule has 0 unspecified atom stereocenters. The number of halogens is 1. The Kier molecular flexibility index (Phi) is 5.96. The van der Waals surface area contributed by atoms with E-state index in [1.165, 1.54) is 10.6 Å². The second-order valence-electron chi connectivity index (χ2n) is 2.24. The average molecular weight is 208 g/mol. The van der Waals surface area contributed by atoms with E-state index in [0.29, 0.717) is 0 Å². The topological polar surface area (TPSA) is 0 Å². The van der Waals surface area contributed by atoms with E-state index in [-0.39, 0.29) is 29.5 Å². The van der Waals surface area contributed by atoms with Crippen molar-refractivity contribution in [2.45, 2.75) is 10.5 Å². The molecule has 0 saturated heterocycles. The molecular formula is C8H11ClZn. The van der Waals surface area contributed by atoms with Gasteiger partial charge in [-0.1, -0.05) is 0 Å². The van der Waals surface area contributed by atoms with Gasteiger partial charge in [-0.05, 0) is 0 Å². The first-order valence-electron chi connectivity index (χ1n) is 3.47. The first-order valence-corrected chi connectivity index (χ1v) is 8.54. The fourth-order valence-corrected chi connectivity index (χ4v) is 2.84. The molecule has 0 nitrogen and oxygen atoms in total. The molecule has 0 amide bonds. The Balaban J connectivity index is 0.000000810. The molecule has 0 fully saturated rings. The van der Waals surface area contributed by atoms with Crippen LogP contribution in [0.15, 0.2) is 30.3 Å². The van der Waals surface area contributed by atoms with Crippen LogP contribution in [0, 0.1) is 0 Å². The third-order valence-electron chi connectivity index (χ3n) is 1.38. The predicted molar refractivity (Wildman–Crippen MR) is 43.3 cm³/mol. The van der Waals surface area contributed by atoms with Crippen LogP contribution in [-0.4, -0.2) is 0 Å². The standard InChI is InChI=1S/C7H7.CH3.ClH.Zn/c1-7-5-3-2-4-6-7;;;/h2-6H,1H2;1H3;1H;. The molecule has 0 bridgehead atoms. The van der Waals surface area contributed by atoms with Crippen LogP contribution in [0.25, 0.3) is 0 Å². The molecule has 0 saturated carbocycles. The van der Waals surface area contributed by atoms with Crippen molar-refractivity contribution in [1.82, 2.24) is 0 Å². The van der Waals surface area contributed by atoms with Crippen molar-refractivity contribution in [3.8, 4) is 0 Å². The fourth-order valence-electron chi connectivity index (χ4n) is 0.933. The molecule has 1 rings (SSSR count). The van der Waals surface area contributed by atoms with Gasteiger partial charge in [-0.2, -0.15) is 0 Å². The fraction of sp³-hybridized carbons (Fsp3) is 0.250. The summed E-state index contributed by atoms with van der Waals surface area (Å²) in [4.78, 5) is 0. The van der Waals surface area contributed by atoms with E-state index in [1.807, 2.05) is 0 Å². The molecule has 1 aromatic carbocycles. The van der Waals surface area contributed by atoms with Crippen molar-refractivity contribution in [1.29, 1.82) is 0 Å². The summed E-state index contributed by atoms with van der Waals surface area (Å²) in [6, 6.07) is 10.7. The number of rotatable bonds is 2. The molecule has 0 spiro atoms. The molecule has 0 heterocycles. The Morgan fingerprint density at radius 2 is 1.80 bits per heavy atom. The van der Waals surface area contributed by atoms with Crippen LogP contribution in [-0.2, 0) is 22.1 Å². The van der Waals surface area contributed by atoms with E-state index < -0.39 is 0 Å². The minimum absolute atomic E-state index is 0. The third-order valence-corrected chi connectivity index (χ3v) is 3.64. The summed E-state index contributed by atoms with van der Waals surface area (Å²) in [5.41, 5.74) is 3.92. The van der Waals surface area contributed by atoms with Crippen LogP contribution in [0.1, 0.15) is 5.56 Å². The van der Waals surface area contributed by atoms with Gasteiger partial charge >= 0.3 is 63.6 Å². The van der Waals surface area contributed by atoms with Gasteiger partial charge in [-0.3, -0.25) is 0 Å². The number of hydrogen-bond acceptors (Lipinski definition) is 0. The van der Waals surface area contributed by atoms with Gasteiger partial charge in [0.05, 0.1) is 0 Å². The van der Waals surface area contributed by atoms with Gasteiger partial charge in [0, 0.05) is 0 Å². The normalized spacial score (nSPS) is 7.70. The van der Waals surface area contributed by atoms with Crippen LogP contribution in [0.2, 0.25) is 5.52 Å². The van der Waals surface area contributed by atoms with E-state index in [1.54, 1.807) is 0 Å². The summed E-state index contributed by atoms with van der Waals surface area (Å²) in [6.45, 7) is 0. The Labute approximate surface area is 76.0 Å². The van der Waals surface area contributed by atoms with Crippen LogP contribution in [0.5, 0.6) is 0 Å². The molecule has 52 valence electrons. The monoisotopic (exact) mass is 206 g/mol. The van der Waals surface area contributed by atoms with Crippen LogP contribution in [0.4, 0.5) is 0 Å². The van der Waals surface area contributed by atoms with Gasteiger partial charge in [0.1, 0.15) is 0 Å². The van der Waals surface area contributed by atoms with Crippen molar-refractivity contribution >= 4 is 12.4 Å². The van der Waals surface area contributed by atoms with Gasteiger partial charge in [0.15, 0.2) is 0 Å². The van der Waals surface area contributed by atoms with E-state index in [4.69, 9.17) is 0 Å². The molecular weight excluding hydrogens is 197 g/mol. The van der Waals surface area contributed by atoms with Crippen molar-refractivity contribution < 1.29 is 17.1 Å². The van der Waals surface area contributed by atoms with Crippen molar-refractivity contribution in [3.63, 3.8) is 0 Å². The zero-order valence-corrected chi connectivity index (χ0v) is 9.99. The SMILES string of the molecule is Cl.[CH3][Zn][CH2]c1ccccc1. The second kappa shape index (κ2) is 5.88. The maximum atomic E-state index is 2.39. The van der Waals surface area contributed by atoms with Gasteiger partial charge in [-0.15, -0.1) is 12.4 Å². The number of hydrogen-bond donors (Lipinski definition) is 0. The summed E-state index contributed by atoms with van der Waals surface area (Å²) < 4.78 is 0. The Hall–Kier alpha value is 0.133. The second-order valence-corrected chi connectivity index (χ2v) is 5.38. The van der Waals surface area contributed by atoms with E-state index in [0.717, 1.165) is 0 Å². The van der Waals surface area contributed by atoms with Crippen LogP contribution < -0.4 is 0 Å². The minimum atomic E-state index is -0.143. The summed E-state index contributed by atoms with van der Waals surface area (Å²) in [5.74, 6) is 0. The molecule has 0 aliphatic carbocycles. The van der Waals surface area contributed by atoms with Crippen molar-refractivity contribution in [2.24, 2.45) is 0 Å². The van der Waals surface area contributed by atoms with E-state index in [2.05, 4.69) is 35.8 Å². The maximum absolute atomic E-state index is 2.39. The Morgan fingerprint density at radius 3 is 2.30 bits per heavy atom. The van der Waals surface area contributed by atoms with Crippen LogP contribution in [0.3, 0.4) is 0 Å². The summed E-state index contributed by atoms with van der Waals surface area (Å²) >= 11 is -0.143. The Morgan fingerprint density at radius 1 is 1.20 bits per heavy atom. The molecule has 1 aromatic rings. The number of benzene rings is 1. The average Bonchev–Trinajstić information content (AvgIpc) is 1.91. The molecule has 2 heteroatoms. The first kappa shape index (κ1) is 10.1. The third kappa shape index (κ3) is 3.34. The molecule has 0 N–H and O–H groups in total. The molecule has 10 heavy (non-hydrogen) atoms. The molecule has 0 aromatic heterocycles. The van der Waals surface area contributed by atoms with Gasteiger partial charge in [-0.25, -0.2) is 0 Å². The first-order chi connectivity index (χ1) is 4.43. The molecule has 0 atom stereocenters. The zero-order valence-electron chi connectivity index (χ0n) is 6.21. The Bertz CT molecular complexity index is 162. The van der Waals surface area contributed by atoms with E-state index in [9.17, 15) is 0 Å². The predicted octanol–water partition coefficient (Wildman–Crippen LogP) is 2.74. The van der Waals surface area contributed by atoms with Crippen LogP contribution >= 0.6 is 12.4 Å². The quantitative estimate of drug-likeness (QED) is 0.655.